The van der Waals surface area contributed by atoms with Gasteiger partial charge in [-0.05, 0) is 13.8 Å². The van der Waals surface area contributed by atoms with Gasteiger partial charge in [0.15, 0.2) is 0 Å². The molecule has 0 unspecified atom stereocenters. The highest BCUT2D eigenvalue weighted by atomic mass is 16.6. The van der Waals surface area contributed by atoms with Crippen molar-refractivity contribution in [2.24, 2.45) is 0 Å². The fourth-order valence-corrected chi connectivity index (χ4v) is 2.20. The molecular weight excluding hydrogens is 250 g/mol. The Balaban J connectivity index is 2.38. The summed E-state index contributed by atoms with van der Waals surface area (Å²) < 4.78 is 5.62. The fraction of sp³-hybridized carbons (Fsp3) is 0.636. The minimum Gasteiger partial charge on any atom is -0.372 e. The topological polar surface area (TPSA) is 93.4 Å². The molecule has 0 spiro atoms. The fourth-order valence-electron chi connectivity index (χ4n) is 2.20. The number of hydrogen-bond donors (Lipinski definition) is 1. The van der Waals surface area contributed by atoms with E-state index in [1.165, 1.54) is 6.20 Å². The van der Waals surface area contributed by atoms with Crippen molar-refractivity contribution in [1.82, 2.24) is 9.97 Å². The molecule has 0 bridgehead atoms. The van der Waals surface area contributed by atoms with E-state index >= 15 is 0 Å². The zero-order valence-electron chi connectivity index (χ0n) is 11.2. The van der Waals surface area contributed by atoms with Gasteiger partial charge in [-0.2, -0.15) is 4.98 Å². The van der Waals surface area contributed by atoms with Crippen molar-refractivity contribution in [1.29, 1.82) is 0 Å². The molecular formula is C11H17N5O3. The number of morpholine rings is 1. The van der Waals surface area contributed by atoms with Gasteiger partial charge in [-0.1, -0.05) is 0 Å². The Morgan fingerprint density at radius 3 is 2.63 bits per heavy atom. The molecule has 1 saturated heterocycles. The number of nitro groups is 1. The average Bonchev–Trinajstić information content (AvgIpc) is 2.36. The summed E-state index contributed by atoms with van der Waals surface area (Å²) in [5.41, 5.74) is -0.0831. The number of anilines is 2. The number of aromatic nitrogens is 2. The molecule has 1 aromatic rings. The van der Waals surface area contributed by atoms with Crippen LogP contribution in [0.1, 0.15) is 13.8 Å². The SMILES string of the molecule is CNc1ncc([N+](=O)[O-])c(N2C[C@@H](C)O[C@@H](C)C2)n1. The van der Waals surface area contributed by atoms with Crippen LogP contribution in [0, 0.1) is 10.1 Å². The normalized spacial score (nSPS) is 23.2. The quantitative estimate of drug-likeness (QED) is 0.646. The third-order valence-electron chi connectivity index (χ3n) is 2.89. The van der Waals surface area contributed by atoms with Crippen LogP contribution in [0.4, 0.5) is 17.5 Å². The molecule has 0 aromatic carbocycles. The molecule has 1 N–H and O–H groups in total. The predicted octanol–water partition coefficient (Wildman–Crippen LogP) is 1.04. The summed E-state index contributed by atoms with van der Waals surface area (Å²) in [4.78, 5) is 20.6. The minimum atomic E-state index is -0.459. The molecule has 1 aliphatic rings. The number of nitrogens with zero attached hydrogens (tertiary/aromatic N) is 4. The number of hydrogen-bond acceptors (Lipinski definition) is 7. The van der Waals surface area contributed by atoms with Crippen molar-refractivity contribution in [2.45, 2.75) is 26.1 Å². The molecule has 0 aliphatic carbocycles. The Morgan fingerprint density at radius 2 is 2.11 bits per heavy atom. The summed E-state index contributed by atoms with van der Waals surface area (Å²) in [6.45, 7) is 5.03. The maximum absolute atomic E-state index is 11.1. The molecule has 8 heteroatoms. The van der Waals surface area contributed by atoms with E-state index in [4.69, 9.17) is 4.74 Å². The second-order valence-electron chi connectivity index (χ2n) is 4.57. The first kappa shape index (κ1) is 13.5. The lowest BCUT2D eigenvalue weighted by Gasteiger charge is -2.35. The maximum atomic E-state index is 11.1. The van der Waals surface area contributed by atoms with Crippen LogP contribution in [0.25, 0.3) is 0 Å². The Labute approximate surface area is 110 Å². The molecule has 1 aromatic heterocycles. The smallest absolute Gasteiger partial charge is 0.329 e. The van der Waals surface area contributed by atoms with Crippen LogP contribution in [0.3, 0.4) is 0 Å². The third kappa shape index (κ3) is 2.90. The first-order valence-corrected chi connectivity index (χ1v) is 6.11. The van der Waals surface area contributed by atoms with Crippen molar-refractivity contribution >= 4 is 17.5 Å². The molecule has 2 heterocycles. The molecule has 8 nitrogen and oxygen atoms in total. The molecule has 2 atom stereocenters. The second-order valence-corrected chi connectivity index (χ2v) is 4.57. The van der Waals surface area contributed by atoms with Gasteiger partial charge in [0.2, 0.25) is 11.8 Å². The highest BCUT2D eigenvalue weighted by molar-refractivity contribution is 5.59. The number of rotatable bonds is 3. The molecule has 19 heavy (non-hydrogen) atoms. The van der Waals surface area contributed by atoms with Crippen molar-refractivity contribution in [3.05, 3.63) is 16.3 Å². The van der Waals surface area contributed by atoms with E-state index < -0.39 is 4.92 Å². The number of ether oxygens (including phenoxy) is 1. The first-order chi connectivity index (χ1) is 9.01. The average molecular weight is 267 g/mol. The van der Waals surface area contributed by atoms with E-state index in [1.807, 2.05) is 18.7 Å². The molecule has 104 valence electrons. The summed E-state index contributed by atoms with van der Waals surface area (Å²) in [6, 6.07) is 0. The molecule has 0 saturated carbocycles. The van der Waals surface area contributed by atoms with Gasteiger partial charge in [-0.3, -0.25) is 10.1 Å². The number of nitrogens with one attached hydrogen (secondary N) is 1. The van der Waals surface area contributed by atoms with E-state index in [1.54, 1.807) is 7.05 Å². The van der Waals surface area contributed by atoms with Gasteiger partial charge in [-0.25, -0.2) is 4.98 Å². The Kier molecular flexibility index (Phi) is 3.79. The van der Waals surface area contributed by atoms with E-state index in [0.717, 1.165) is 0 Å². The summed E-state index contributed by atoms with van der Waals surface area (Å²) >= 11 is 0. The third-order valence-corrected chi connectivity index (χ3v) is 2.89. The zero-order chi connectivity index (χ0) is 14.0. The van der Waals surface area contributed by atoms with Crippen molar-refractivity contribution in [3.8, 4) is 0 Å². The van der Waals surface area contributed by atoms with Crippen molar-refractivity contribution < 1.29 is 9.66 Å². The Hall–Kier alpha value is -1.96. The minimum absolute atomic E-state index is 0.0105. The van der Waals surface area contributed by atoms with Crippen molar-refractivity contribution in [3.63, 3.8) is 0 Å². The molecule has 2 rings (SSSR count). The van der Waals surface area contributed by atoms with Crippen LogP contribution >= 0.6 is 0 Å². The lowest BCUT2D eigenvalue weighted by Crippen LogP contribution is -2.46. The molecule has 0 radical (unpaired) electrons. The van der Waals surface area contributed by atoms with Gasteiger partial charge >= 0.3 is 5.69 Å². The zero-order valence-corrected chi connectivity index (χ0v) is 11.2. The van der Waals surface area contributed by atoms with Gasteiger partial charge in [0.1, 0.15) is 6.20 Å². The van der Waals surface area contributed by atoms with Crippen LogP contribution in [-0.2, 0) is 4.74 Å². The van der Waals surface area contributed by atoms with Crippen LogP contribution in [0.15, 0.2) is 6.20 Å². The summed E-state index contributed by atoms with van der Waals surface area (Å²) in [5, 5.41) is 13.9. The molecule has 1 aliphatic heterocycles. The van der Waals surface area contributed by atoms with Crippen LogP contribution < -0.4 is 10.2 Å². The van der Waals surface area contributed by atoms with E-state index in [-0.39, 0.29) is 17.9 Å². The summed E-state index contributed by atoms with van der Waals surface area (Å²) in [5.74, 6) is 0.707. The lowest BCUT2D eigenvalue weighted by atomic mass is 10.2. The van der Waals surface area contributed by atoms with Crippen LogP contribution in [0.2, 0.25) is 0 Å². The highest BCUT2D eigenvalue weighted by Gasteiger charge is 2.29. The maximum Gasteiger partial charge on any atom is 0.329 e. The lowest BCUT2D eigenvalue weighted by molar-refractivity contribution is -0.384. The predicted molar refractivity (Wildman–Crippen MR) is 70.5 cm³/mol. The van der Waals surface area contributed by atoms with E-state index in [9.17, 15) is 10.1 Å². The largest absolute Gasteiger partial charge is 0.372 e. The molecule has 1 fully saturated rings. The van der Waals surface area contributed by atoms with Gasteiger partial charge in [-0.15, -0.1) is 0 Å². The summed E-state index contributed by atoms with van der Waals surface area (Å²) in [6.07, 6.45) is 1.26. The second kappa shape index (κ2) is 5.35. The highest BCUT2D eigenvalue weighted by Crippen LogP contribution is 2.28. The first-order valence-electron chi connectivity index (χ1n) is 6.11. The van der Waals surface area contributed by atoms with E-state index in [0.29, 0.717) is 24.9 Å². The van der Waals surface area contributed by atoms with Gasteiger partial charge < -0.3 is 15.0 Å². The van der Waals surface area contributed by atoms with Gasteiger partial charge in [0.05, 0.1) is 17.1 Å². The summed E-state index contributed by atoms with van der Waals surface area (Å²) in [7, 11) is 1.68. The standard InChI is InChI=1S/C11H17N5O3/c1-7-5-15(6-8(2)19-7)10-9(16(17)18)4-13-11(12-3)14-10/h4,7-8H,5-6H2,1-3H3,(H,12,13,14)/t7-,8+. The van der Waals surface area contributed by atoms with Crippen molar-refractivity contribution in [2.75, 3.05) is 30.4 Å². The Morgan fingerprint density at radius 1 is 1.47 bits per heavy atom. The van der Waals surface area contributed by atoms with Crippen LogP contribution in [-0.4, -0.2) is 47.2 Å². The van der Waals surface area contributed by atoms with Crippen LogP contribution in [0.5, 0.6) is 0 Å². The van der Waals surface area contributed by atoms with Gasteiger partial charge in [0, 0.05) is 20.1 Å². The molecule has 0 amide bonds. The van der Waals surface area contributed by atoms with E-state index in [2.05, 4.69) is 15.3 Å². The Bertz CT molecular complexity index is 471. The van der Waals surface area contributed by atoms with Gasteiger partial charge in [0.25, 0.3) is 0 Å². The monoisotopic (exact) mass is 267 g/mol.